The van der Waals surface area contributed by atoms with Gasteiger partial charge in [-0.3, -0.25) is 0 Å². The highest BCUT2D eigenvalue weighted by Gasteiger charge is 2.19. The van der Waals surface area contributed by atoms with Gasteiger partial charge in [-0.05, 0) is 50.6 Å². The van der Waals surface area contributed by atoms with E-state index in [1.807, 2.05) is 38.1 Å². The summed E-state index contributed by atoms with van der Waals surface area (Å²) in [5, 5.41) is 5.30. The van der Waals surface area contributed by atoms with Crippen molar-refractivity contribution >= 4 is 56.3 Å². The molecule has 2 heterocycles. The molecule has 148 valence electrons. The van der Waals surface area contributed by atoms with Crippen LogP contribution in [0, 0.1) is 13.8 Å². The summed E-state index contributed by atoms with van der Waals surface area (Å²) in [7, 11) is 0. The normalized spacial score (nSPS) is 11.1. The molecule has 0 aliphatic heterocycles. The molecule has 0 fully saturated rings. The van der Waals surface area contributed by atoms with Gasteiger partial charge in [0.2, 0.25) is 0 Å². The van der Waals surface area contributed by atoms with Gasteiger partial charge in [-0.1, -0.05) is 41.4 Å². The zero-order chi connectivity index (χ0) is 20.5. The summed E-state index contributed by atoms with van der Waals surface area (Å²) in [6, 6.07) is 13.6. The highest BCUT2D eigenvalue weighted by molar-refractivity contribution is 7.19. The molecule has 0 saturated carbocycles. The van der Waals surface area contributed by atoms with Crippen molar-refractivity contribution in [1.82, 2.24) is 9.97 Å². The van der Waals surface area contributed by atoms with Gasteiger partial charge in [-0.2, -0.15) is 0 Å². The number of anilines is 2. The second-order valence-electron chi connectivity index (χ2n) is 6.52. The zero-order valence-corrected chi connectivity index (χ0v) is 18.5. The van der Waals surface area contributed by atoms with E-state index in [1.165, 1.54) is 4.88 Å². The van der Waals surface area contributed by atoms with Crippen molar-refractivity contribution in [3.8, 4) is 16.9 Å². The highest BCUT2D eigenvalue weighted by Crippen LogP contribution is 2.42. The van der Waals surface area contributed by atoms with E-state index in [1.54, 1.807) is 17.4 Å². The number of hydrogen-bond donors (Lipinski definition) is 1. The maximum absolute atomic E-state index is 6.39. The number of ether oxygens (including phenoxy) is 1. The Bertz CT molecular complexity index is 1190. The van der Waals surface area contributed by atoms with E-state index in [2.05, 4.69) is 34.3 Å². The quantitative estimate of drug-likeness (QED) is 0.348. The number of aromatic nitrogens is 2. The molecule has 2 aromatic heterocycles. The van der Waals surface area contributed by atoms with Gasteiger partial charge in [-0.25, -0.2) is 9.97 Å². The fourth-order valence-corrected chi connectivity index (χ4v) is 4.71. The van der Waals surface area contributed by atoms with Crippen molar-refractivity contribution < 1.29 is 4.74 Å². The molecule has 4 aromatic rings. The molecular weight excluding hydrogens is 425 g/mol. The number of nitrogens with zero attached hydrogens (tertiary/aromatic N) is 2. The fourth-order valence-electron chi connectivity index (χ4n) is 3.27. The summed E-state index contributed by atoms with van der Waals surface area (Å²) < 4.78 is 5.58. The predicted octanol–water partition coefficient (Wildman–Crippen LogP) is 7.42. The first-order valence-corrected chi connectivity index (χ1v) is 10.8. The van der Waals surface area contributed by atoms with Crippen LogP contribution in [0.25, 0.3) is 21.3 Å². The topological polar surface area (TPSA) is 47.0 Å². The highest BCUT2D eigenvalue weighted by atomic mass is 35.5. The van der Waals surface area contributed by atoms with Gasteiger partial charge < -0.3 is 10.1 Å². The molecule has 1 N–H and O–H groups in total. The van der Waals surface area contributed by atoms with Crippen LogP contribution in [0.1, 0.15) is 17.6 Å². The average molecular weight is 444 g/mol. The standard InChI is InChI=1S/C22H19Cl2N3OS/c1-4-28-15-10-8-14(9-11-15)18-12(2)29-22-19(18)21(25-13(3)26-22)27-17-7-5-6-16(23)20(17)24/h5-11H,4H2,1-3H3,(H,25,26,27). The van der Waals surface area contributed by atoms with Crippen LogP contribution in [0.2, 0.25) is 10.0 Å². The number of aryl methyl sites for hydroxylation is 2. The van der Waals surface area contributed by atoms with Crippen molar-refractivity contribution in [2.45, 2.75) is 20.8 Å². The minimum absolute atomic E-state index is 0.466. The minimum Gasteiger partial charge on any atom is -0.494 e. The molecule has 0 amide bonds. The number of fused-ring (bicyclic) bond motifs is 1. The fraction of sp³-hybridized carbons (Fsp3) is 0.182. The molecule has 0 spiro atoms. The van der Waals surface area contributed by atoms with E-state index < -0.39 is 0 Å². The Balaban J connectivity index is 1.88. The maximum Gasteiger partial charge on any atom is 0.143 e. The van der Waals surface area contributed by atoms with E-state index in [-0.39, 0.29) is 0 Å². The SMILES string of the molecule is CCOc1ccc(-c2c(C)sc3nc(C)nc(Nc4cccc(Cl)c4Cl)c23)cc1. The lowest BCUT2D eigenvalue weighted by Crippen LogP contribution is -1.99. The van der Waals surface area contributed by atoms with Gasteiger partial charge in [0.25, 0.3) is 0 Å². The molecule has 0 bridgehead atoms. The van der Waals surface area contributed by atoms with E-state index >= 15 is 0 Å². The average Bonchev–Trinajstić information content (AvgIpc) is 3.02. The third kappa shape index (κ3) is 3.90. The van der Waals surface area contributed by atoms with Gasteiger partial charge in [0.1, 0.15) is 22.2 Å². The summed E-state index contributed by atoms with van der Waals surface area (Å²) >= 11 is 14.2. The molecule has 2 aromatic carbocycles. The van der Waals surface area contributed by atoms with Crippen LogP contribution in [0.5, 0.6) is 5.75 Å². The molecule has 7 heteroatoms. The smallest absolute Gasteiger partial charge is 0.143 e. The van der Waals surface area contributed by atoms with E-state index in [0.29, 0.717) is 34.0 Å². The van der Waals surface area contributed by atoms with Crippen molar-refractivity contribution in [2.24, 2.45) is 0 Å². The predicted molar refractivity (Wildman–Crippen MR) is 123 cm³/mol. The maximum atomic E-state index is 6.39. The van der Waals surface area contributed by atoms with Crippen molar-refractivity contribution in [1.29, 1.82) is 0 Å². The molecule has 0 saturated heterocycles. The summed E-state index contributed by atoms with van der Waals surface area (Å²) in [4.78, 5) is 11.4. The second kappa shape index (κ2) is 8.19. The summed E-state index contributed by atoms with van der Waals surface area (Å²) in [6.45, 7) is 6.60. The third-order valence-corrected chi connectivity index (χ3v) is 6.32. The lowest BCUT2D eigenvalue weighted by atomic mass is 10.0. The molecule has 0 atom stereocenters. The number of benzene rings is 2. The molecule has 0 aliphatic carbocycles. The first-order valence-electron chi connectivity index (χ1n) is 9.20. The van der Waals surface area contributed by atoms with Gasteiger partial charge in [0.05, 0.1) is 27.7 Å². The van der Waals surface area contributed by atoms with E-state index in [4.69, 9.17) is 27.9 Å². The van der Waals surface area contributed by atoms with E-state index in [9.17, 15) is 0 Å². The molecule has 0 radical (unpaired) electrons. The van der Waals surface area contributed by atoms with Crippen molar-refractivity contribution in [2.75, 3.05) is 11.9 Å². The number of nitrogens with one attached hydrogen (secondary N) is 1. The minimum atomic E-state index is 0.466. The molecule has 4 rings (SSSR count). The lowest BCUT2D eigenvalue weighted by Gasteiger charge is -2.12. The van der Waals surface area contributed by atoms with Gasteiger partial charge in [-0.15, -0.1) is 11.3 Å². The zero-order valence-electron chi connectivity index (χ0n) is 16.2. The lowest BCUT2D eigenvalue weighted by molar-refractivity contribution is 0.340. The second-order valence-corrected chi connectivity index (χ2v) is 8.50. The Morgan fingerprint density at radius 1 is 1.03 bits per heavy atom. The third-order valence-electron chi connectivity index (χ3n) is 4.50. The number of hydrogen-bond acceptors (Lipinski definition) is 5. The van der Waals surface area contributed by atoms with Gasteiger partial charge in [0.15, 0.2) is 0 Å². The molecule has 0 unspecified atom stereocenters. The summed E-state index contributed by atoms with van der Waals surface area (Å²) in [5.74, 6) is 2.26. The first kappa shape index (κ1) is 20.0. The van der Waals surface area contributed by atoms with Crippen LogP contribution in [0.3, 0.4) is 0 Å². The molecule has 4 nitrogen and oxygen atoms in total. The Kier molecular flexibility index (Phi) is 5.63. The van der Waals surface area contributed by atoms with Gasteiger partial charge >= 0.3 is 0 Å². The van der Waals surface area contributed by atoms with Gasteiger partial charge in [0, 0.05) is 10.4 Å². The van der Waals surface area contributed by atoms with Crippen LogP contribution in [-0.2, 0) is 0 Å². The van der Waals surface area contributed by atoms with Crippen LogP contribution in [-0.4, -0.2) is 16.6 Å². The van der Waals surface area contributed by atoms with Crippen LogP contribution in [0.4, 0.5) is 11.5 Å². The van der Waals surface area contributed by atoms with Crippen molar-refractivity contribution in [3.05, 3.63) is 63.2 Å². The largest absolute Gasteiger partial charge is 0.494 e. The monoisotopic (exact) mass is 443 g/mol. The Hall–Kier alpha value is -2.34. The Morgan fingerprint density at radius 2 is 1.79 bits per heavy atom. The van der Waals surface area contributed by atoms with Crippen molar-refractivity contribution in [3.63, 3.8) is 0 Å². The molecule has 29 heavy (non-hydrogen) atoms. The van der Waals surface area contributed by atoms with Crippen LogP contribution >= 0.6 is 34.5 Å². The summed E-state index contributed by atoms with van der Waals surface area (Å²) in [6.07, 6.45) is 0. The molecular formula is C22H19Cl2N3OS. The van der Waals surface area contributed by atoms with Crippen LogP contribution in [0.15, 0.2) is 42.5 Å². The van der Waals surface area contributed by atoms with Crippen LogP contribution < -0.4 is 10.1 Å². The number of rotatable bonds is 5. The first-order chi connectivity index (χ1) is 14.0. The Morgan fingerprint density at radius 3 is 2.52 bits per heavy atom. The van der Waals surface area contributed by atoms with E-state index in [0.717, 1.165) is 27.1 Å². The number of thiophene rings is 1. The number of halogens is 2. The summed E-state index contributed by atoms with van der Waals surface area (Å²) in [5.41, 5.74) is 2.90. The molecule has 0 aliphatic rings. The Labute approximate surface area is 183 Å².